The van der Waals surface area contributed by atoms with E-state index < -0.39 is 5.97 Å². The van der Waals surface area contributed by atoms with Gasteiger partial charge < -0.3 is 9.84 Å². The predicted octanol–water partition coefficient (Wildman–Crippen LogP) is 10.3. The minimum Gasteiger partial charge on any atom is -0.497 e. The van der Waals surface area contributed by atoms with Crippen molar-refractivity contribution in [2.45, 2.75) is 66.2 Å². The van der Waals surface area contributed by atoms with Crippen LogP contribution in [0.2, 0.25) is 5.02 Å². The zero-order chi connectivity index (χ0) is 32.6. The molecule has 47 heavy (non-hydrogen) atoms. The maximum absolute atomic E-state index is 11.7. The van der Waals surface area contributed by atoms with Gasteiger partial charge in [-0.05, 0) is 121 Å². The fourth-order valence-corrected chi connectivity index (χ4v) is 6.76. The summed E-state index contributed by atoms with van der Waals surface area (Å²) in [5, 5.41) is 12.2. The molecule has 1 N–H and O–H groups in total. The number of carboxylic acid groups (broad SMARTS) is 1. The highest BCUT2D eigenvalue weighted by Gasteiger charge is 2.22. The SMILES string of the molecule is C.C=C/C=c1/nc(-c2cc(OC)ccc2-c2ccc(Cl)cc2)cc/c1=C/C/C(C)=C(/c1ccc(C(=O)O)cc1C)C1CCCCCC1. The Kier molecular flexibility index (Phi) is 12.4. The minimum atomic E-state index is -0.893. The monoisotopic (exact) mass is 647 g/mol. The lowest BCUT2D eigenvalue weighted by molar-refractivity contribution is 0.0696. The van der Waals surface area contributed by atoms with E-state index in [1.165, 1.54) is 42.4 Å². The number of aromatic nitrogens is 1. The Morgan fingerprint density at radius 1 is 0.979 bits per heavy atom. The second-order valence-electron chi connectivity index (χ2n) is 12.1. The predicted molar refractivity (Wildman–Crippen MR) is 198 cm³/mol. The van der Waals surface area contributed by atoms with Crippen LogP contribution in [0.25, 0.3) is 40.1 Å². The normalized spacial score (nSPS) is 15.0. The van der Waals surface area contributed by atoms with E-state index in [-0.39, 0.29) is 7.43 Å². The molecule has 0 bridgehead atoms. The highest BCUT2D eigenvalue weighted by atomic mass is 35.5. The first-order chi connectivity index (χ1) is 22.3. The van der Waals surface area contributed by atoms with Gasteiger partial charge in [-0.25, -0.2) is 9.78 Å². The maximum Gasteiger partial charge on any atom is 0.335 e. The summed E-state index contributed by atoms with van der Waals surface area (Å²) in [5.74, 6) is 0.332. The van der Waals surface area contributed by atoms with Crippen molar-refractivity contribution in [2.24, 2.45) is 5.92 Å². The highest BCUT2D eigenvalue weighted by molar-refractivity contribution is 6.30. The Hall–Kier alpha value is -4.41. The van der Waals surface area contributed by atoms with Gasteiger partial charge in [-0.15, -0.1) is 0 Å². The van der Waals surface area contributed by atoms with Gasteiger partial charge >= 0.3 is 5.97 Å². The molecule has 0 spiro atoms. The topological polar surface area (TPSA) is 59.4 Å². The van der Waals surface area contributed by atoms with Crippen molar-refractivity contribution < 1.29 is 14.6 Å². The van der Waals surface area contributed by atoms with Gasteiger partial charge in [-0.1, -0.05) is 99.3 Å². The largest absolute Gasteiger partial charge is 0.497 e. The van der Waals surface area contributed by atoms with E-state index in [0.29, 0.717) is 16.5 Å². The molecule has 1 aliphatic carbocycles. The number of methoxy groups -OCH3 is 1. The van der Waals surface area contributed by atoms with Gasteiger partial charge in [0.25, 0.3) is 0 Å². The standard InChI is InChI=1S/C41H42ClNO3.CH4/c1-5-10-38-30(18-24-39(43-38)37-26-34(46-4)21-23-36(37)29-15-19-33(42)20-16-29)14-13-27(2)40(31-11-8-6-7-9-12-31)35-22-17-32(41(44)45)25-28(35)3;/h5,10,14-26,31H,1,6-9,11-13H2,2-4H3,(H,44,45);1H4/b30-14-,38-10+,40-27+;. The van der Waals surface area contributed by atoms with Gasteiger partial charge in [0.1, 0.15) is 5.75 Å². The number of halogens is 1. The number of pyridine rings is 1. The first-order valence-electron chi connectivity index (χ1n) is 16.1. The Labute approximate surface area is 284 Å². The van der Waals surface area contributed by atoms with Crippen LogP contribution in [0, 0.1) is 12.8 Å². The number of hydrogen-bond donors (Lipinski definition) is 1. The zero-order valence-electron chi connectivity index (χ0n) is 27.0. The number of carbonyl (C=O) groups is 1. The van der Waals surface area contributed by atoms with E-state index in [9.17, 15) is 9.90 Å². The van der Waals surface area contributed by atoms with Crippen LogP contribution < -0.4 is 15.3 Å². The Bertz CT molecular complexity index is 1880. The second kappa shape index (κ2) is 16.4. The molecule has 0 atom stereocenters. The lowest BCUT2D eigenvalue weighted by atomic mass is 9.81. The van der Waals surface area contributed by atoms with Gasteiger partial charge in [-0.3, -0.25) is 0 Å². The number of carboxylic acids is 1. The van der Waals surface area contributed by atoms with E-state index in [4.69, 9.17) is 21.3 Å². The average Bonchev–Trinajstić information content (AvgIpc) is 3.34. The van der Waals surface area contributed by atoms with E-state index in [1.54, 1.807) is 19.3 Å². The van der Waals surface area contributed by atoms with Gasteiger partial charge in [0.2, 0.25) is 0 Å². The van der Waals surface area contributed by atoms with E-state index in [1.807, 2.05) is 61.5 Å². The van der Waals surface area contributed by atoms with Crippen molar-refractivity contribution in [3.8, 4) is 28.1 Å². The summed E-state index contributed by atoms with van der Waals surface area (Å²) in [5.41, 5.74) is 9.10. The highest BCUT2D eigenvalue weighted by Crippen LogP contribution is 2.39. The van der Waals surface area contributed by atoms with Gasteiger partial charge in [-0.2, -0.15) is 0 Å². The van der Waals surface area contributed by atoms with Crippen LogP contribution in [-0.2, 0) is 0 Å². The van der Waals surface area contributed by atoms with Crippen molar-refractivity contribution in [1.29, 1.82) is 0 Å². The average molecular weight is 648 g/mol. The summed E-state index contributed by atoms with van der Waals surface area (Å²) in [6, 6.07) is 23.7. The molecule has 4 nitrogen and oxygen atoms in total. The number of ether oxygens (including phenoxy) is 1. The number of nitrogens with zero attached hydrogens (tertiary/aromatic N) is 1. The molecule has 0 radical (unpaired) electrons. The number of aryl methyl sites for hydroxylation is 1. The molecule has 1 heterocycles. The summed E-state index contributed by atoms with van der Waals surface area (Å²) in [4.78, 5) is 16.8. The lowest BCUT2D eigenvalue weighted by Crippen LogP contribution is -2.28. The van der Waals surface area contributed by atoms with E-state index in [0.717, 1.165) is 63.5 Å². The summed E-state index contributed by atoms with van der Waals surface area (Å²) < 4.78 is 5.58. The van der Waals surface area contributed by atoms with E-state index >= 15 is 0 Å². The van der Waals surface area contributed by atoms with Crippen LogP contribution in [0.5, 0.6) is 5.75 Å². The Balaban J connectivity index is 0.00000500. The molecule has 4 aromatic rings. The molecule has 1 fully saturated rings. The first-order valence-corrected chi connectivity index (χ1v) is 16.4. The third-order valence-corrected chi connectivity index (χ3v) is 9.26. The molecule has 3 aromatic carbocycles. The van der Waals surface area contributed by atoms with Gasteiger partial charge in [0, 0.05) is 10.6 Å². The second-order valence-corrected chi connectivity index (χ2v) is 12.6. The number of aromatic carboxylic acids is 1. The van der Waals surface area contributed by atoms with Crippen LogP contribution >= 0.6 is 11.6 Å². The number of rotatable bonds is 9. The van der Waals surface area contributed by atoms with Crippen LogP contribution in [0.1, 0.15) is 80.8 Å². The number of hydrogen-bond acceptors (Lipinski definition) is 3. The zero-order valence-corrected chi connectivity index (χ0v) is 27.7. The minimum absolute atomic E-state index is 0. The van der Waals surface area contributed by atoms with Crippen molar-refractivity contribution >= 4 is 35.3 Å². The van der Waals surface area contributed by atoms with Gasteiger partial charge in [0.15, 0.2) is 0 Å². The van der Waals surface area contributed by atoms with Crippen LogP contribution in [0.3, 0.4) is 0 Å². The molecule has 5 heteroatoms. The smallest absolute Gasteiger partial charge is 0.335 e. The molecule has 0 amide bonds. The van der Waals surface area contributed by atoms with Crippen molar-refractivity contribution in [3.63, 3.8) is 0 Å². The molecule has 0 aliphatic heterocycles. The molecular weight excluding hydrogens is 602 g/mol. The molecule has 1 aliphatic rings. The molecule has 1 saturated carbocycles. The quantitative estimate of drug-likeness (QED) is 0.184. The maximum atomic E-state index is 11.7. The lowest BCUT2D eigenvalue weighted by Gasteiger charge is -2.24. The summed E-state index contributed by atoms with van der Waals surface area (Å²) >= 11 is 6.19. The summed E-state index contributed by atoms with van der Waals surface area (Å²) in [6.07, 6.45) is 14.1. The summed E-state index contributed by atoms with van der Waals surface area (Å²) in [7, 11) is 1.67. The van der Waals surface area contributed by atoms with Gasteiger partial charge in [0.05, 0.1) is 23.7 Å². The molecular formula is C42H46ClNO3. The Morgan fingerprint density at radius 2 is 1.70 bits per heavy atom. The molecule has 0 unspecified atom stereocenters. The van der Waals surface area contributed by atoms with Crippen molar-refractivity contribution in [1.82, 2.24) is 4.98 Å². The number of allylic oxidation sites excluding steroid dienone is 3. The number of benzene rings is 3. The third-order valence-electron chi connectivity index (χ3n) is 9.01. The van der Waals surface area contributed by atoms with Crippen molar-refractivity contribution in [2.75, 3.05) is 7.11 Å². The molecule has 1 aromatic heterocycles. The van der Waals surface area contributed by atoms with E-state index in [2.05, 4.69) is 37.8 Å². The Morgan fingerprint density at radius 3 is 2.34 bits per heavy atom. The molecule has 5 rings (SSSR count). The van der Waals surface area contributed by atoms with Crippen LogP contribution in [0.15, 0.2) is 91.0 Å². The fourth-order valence-electron chi connectivity index (χ4n) is 6.64. The summed E-state index contributed by atoms with van der Waals surface area (Å²) in [6.45, 7) is 8.23. The first kappa shape index (κ1) is 35.4. The fraction of sp³-hybridized carbons (Fsp3) is 0.286. The molecule has 244 valence electrons. The van der Waals surface area contributed by atoms with Crippen LogP contribution in [0.4, 0.5) is 0 Å². The third kappa shape index (κ3) is 8.50. The van der Waals surface area contributed by atoms with Crippen LogP contribution in [-0.4, -0.2) is 23.2 Å². The molecule has 0 saturated heterocycles. The van der Waals surface area contributed by atoms with Crippen molar-refractivity contribution in [3.05, 3.63) is 123 Å².